The molecule has 0 aliphatic rings. The Morgan fingerprint density at radius 1 is 1.00 bits per heavy atom. The second kappa shape index (κ2) is 5.27. The number of nitrogens with zero attached hydrogens (tertiary/aromatic N) is 2. The Bertz CT molecular complexity index is 787. The van der Waals surface area contributed by atoms with Crippen molar-refractivity contribution in [2.75, 3.05) is 5.32 Å². The van der Waals surface area contributed by atoms with E-state index in [0.717, 1.165) is 28.0 Å². The highest BCUT2D eigenvalue weighted by atomic mass is 35.5. The summed E-state index contributed by atoms with van der Waals surface area (Å²) in [7, 11) is 0. The maximum Gasteiger partial charge on any atom is 0.141 e. The number of fused-ring (bicyclic) bond motifs is 1. The molecule has 0 unspecified atom stereocenters. The second-order valence-electron chi connectivity index (χ2n) is 4.45. The fourth-order valence-electron chi connectivity index (χ4n) is 2.05. The zero-order chi connectivity index (χ0) is 14.1. The van der Waals surface area contributed by atoms with Crippen molar-refractivity contribution in [2.24, 2.45) is 0 Å². The average molecular weight is 304 g/mol. The molecule has 0 fully saturated rings. The van der Waals surface area contributed by atoms with Gasteiger partial charge in [0.1, 0.15) is 12.1 Å². The van der Waals surface area contributed by atoms with Gasteiger partial charge in [-0.25, -0.2) is 9.97 Å². The molecule has 2 aromatic carbocycles. The van der Waals surface area contributed by atoms with Gasteiger partial charge in [0.2, 0.25) is 0 Å². The number of aryl methyl sites for hydroxylation is 1. The Morgan fingerprint density at radius 2 is 1.85 bits per heavy atom. The highest BCUT2D eigenvalue weighted by molar-refractivity contribution is 6.42. The van der Waals surface area contributed by atoms with E-state index >= 15 is 0 Å². The van der Waals surface area contributed by atoms with Crippen LogP contribution >= 0.6 is 23.2 Å². The molecule has 0 spiro atoms. The molecule has 3 aromatic rings. The normalized spacial score (nSPS) is 10.8. The van der Waals surface area contributed by atoms with Crippen LogP contribution in [0.3, 0.4) is 0 Å². The van der Waals surface area contributed by atoms with E-state index in [9.17, 15) is 0 Å². The predicted octanol–water partition coefficient (Wildman–Crippen LogP) is 4.99. The number of hydrogen-bond donors (Lipinski definition) is 1. The van der Waals surface area contributed by atoms with Crippen LogP contribution in [0.25, 0.3) is 10.9 Å². The van der Waals surface area contributed by atoms with Crippen molar-refractivity contribution in [3.05, 3.63) is 58.3 Å². The Hall–Kier alpha value is -1.84. The Labute approximate surface area is 126 Å². The van der Waals surface area contributed by atoms with Crippen LogP contribution in [0.1, 0.15) is 5.56 Å². The van der Waals surface area contributed by atoms with E-state index in [-0.39, 0.29) is 0 Å². The van der Waals surface area contributed by atoms with Crippen molar-refractivity contribution >= 4 is 45.6 Å². The Kier molecular flexibility index (Phi) is 3.47. The summed E-state index contributed by atoms with van der Waals surface area (Å²) < 4.78 is 0. The third kappa shape index (κ3) is 2.42. The summed E-state index contributed by atoms with van der Waals surface area (Å²) in [6.07, 6.45) is 1.55. The molecule has 100 valence electrons. The molecule has 0 amide bonds. The van der Waals surface area contributed by atoms with Gasteiger partial charge in [0.25, 0.3) is 0 Å². The van der Waals surface area contributed by atoms with E-state index in [1.54, 1.807) is 18.5 Å². The van der Waals surface area contributed by atoms with Gasteiger partial charge in [-0.3, -0.25) is 0 Å². The minimum atomic E-state index is 0.506. The van der Waals surface area contributed by atoms with Crippen LogP contribution < -0.4 is 5.32 Å². The number of anilines is 2. The van der Waals surface area contributed by atoms with Crippen LogP contribution in [0.15, 0.2) is 42.7 Å². The molecule has 3 nitrogen and oxygen atoms in total. The molecule has 1 N–H and O–H groups in total. The van der Waals surface area contributed by atoms with Gasteiger partial charge in [-0.15, -0.1) is 0 Å². The lowest BCUT2D eigenvalue weighted by atomic mass is 10.1. The van der Waals surface area contributed by atoms with Crippen LogP contribution in [0.5, 0.6) is 0 Å². The number of rotatable bonds is 2. The molecule has 0 atom stereocenters. The molecular weight excluding hydrogens is 293 g/mol. The number of hydrogen-bond acceptors (Lipinski definition) is 3. The fraction of sp³-hybridized carbons (Fsp3) is 0.0667. The fourth-order valence-corrected chi connectivity index (χ4v) is 2.34. The second-order valence-corrected chi connectivity index (χ2v) is 5.26. The first-order valence-electron chi connectivity index (χ1n) is 6.07. The van der Waals surface area contributed by atoms with Crippen LogP contribution in [-0.4, -0.2) is 9.97 Å². The molecule has 0 radical (unpaired) electrons. The summed E-state index contributed by atoms with van der Waals surface area (Å²) in [4.78, 5) is 8.61. The number of halogens is 2. The number of para-hydroxylation sites is 1. The monoisotopic (exact) mass is 303 g/mol. The molecule has 0 bridgehead atoms. The maximum absolute atomic E-state index is 6.02. The zero-order valence-corrected chi connectivity index (χ0v) is 12.2. The predicted molar refractivity (Wildman–Crippen MR) is 84.0 cm³/mol. The zero-order valence-electron chi connectivity index (χ0n) is 10.7. The van der Waals surface area contributed by atoms with Gasteiger partial charge in [-0.1, -0.05) is 35.3 Å². The van der Waals surface area contributed by atoms with E-state index in [1.165, 1.54) is 0 Å². The molecule has 20 heavy (non-hydrogen) atoms. The first-order valence-corrected chi connectivity index (χ1v) is 6.83. The lowest BCUT2D eigenvalue weighted by molar-refractivity contribution is 1.21. The molecule has 0 aliphatic heterocycles. The van der Waals surface area contributed by atoms with E-state index in [4.69, 9.17) is 23.2 Å². The molecule has 0 saturated heterocycles. The quantitative estimate of drug-likeness (QED) is 0.725. The van der Waals surface area contributed by atoms with Crippen molar-refractivity contribution in [2.45, 2.75) is 6.92 Å². The van der Waals surface area contributed by atoms with E-state index < -0.39 is 0 Å². The Balaban J connectivity index is 2.06. The Morgan fingerprint density at radius 3 is 2.65 bits per heavy atom. The van der Waals surface area contributed by atoms with Crippen molar-refractivity contribution in [3.8, 4) is 0 Å². The largest absolute Gasteiger partial charge is 0.340 e. The lowest BCUT2D eigenvalue weighted by Crippen LogP contribution is -1.96. The number of aromatic nitrogens is 2. The topological polar surface area (TPSA) is 37.8 Å². The third-order valence-electron chi connectivity index (χ3n) is 3.05. The van der Waals surface area contributed by atoms with Gasteiger partial charge in [0.05, 0.1) is 15.6 Å². The summed E-state index contributed by atoms with van der Waals surface area (Å²) in [6, 6.07) is 11.4. The summed E-state index contributed by atoms with van der Waals surface area (Å²) in [5.41, 5.74) is 2.88. The third-order valence-corrected chi connectivity index (χ3v) is 3.79. The van der Waals surface area contributed by atoms with Gasteiger partial charge >= 0.3 is 0 Å². The highest BCUT2D eigenvalue weighted by Gasteiger charge is 2.06. The summed E-state index contributed by atoms with van der Waals surface area (Å²) >= 11 is 11.9. The number of benzene rings is 2. The summed E-state index contributed by atoms with van der Waals surface area (Å²) in [5, 5.41) is 5.25. The van der Waals surface area contributed by atoms with Gasteiger partial charge in [-0.2, -0.15) is 0 Å². The van der Waals surface area contributed by atoms with E-state index in [1.807, 2.05) is 31.2 Å². The van der Waals surface area contributed by atoms with E-state index in [0.29, 0.717) is 10.0 Å². The number of nitrogens with one attached hydrogen (secondary N) is 1. The smallest absolute Gasteiger partial charge is 0.141 e. The van der Waals surface area contributed by atoms with Crippen molar-refractivity contribution in [1.29, 1.82) is 0 Å². The molecule has 0 saturated carbocycles. The molecule has 0 aliphatic carbocycles. The van der Waals surface area contributed by atoms with Crippen LogP contribution in [0, 0.1) is 6.92 Å². The molecule has 1 aromatic heterocycles. The van der Waals surface area contributed by atoms with Crippen LogP contribution in [-0.2, 0) is 0 Å². The standard InChI is InChI=1S/C15H11Cl2N3/c1-9-3-2-4-11-14(9)18-8-19-15(11)20-10-5-6-12(16)13(17)7-10/h2-8H,1H3,(H,18,19,20). The van der Waals surface area contributed by atoms with Gasteiger partial charge in [0.15, 0.2) is 0 Å². The minimum Gasteiger partial charge on any atom is -0.340 e. The van der Waals surface area contributed by atoms with Crippen molar-refractivity contribution in [1.82, 2.24) is 9.97 Å². The first-order chi connectivity index (χ1) is 9.65. The maximum atomic E-state index is 6.02. The SMILES string of the molecule is Cc1cccc2c(Nc3ccc(Cl)c(Cl)c3)ncnc12. The van der Waals surface area contributed by atoms with Crippen molar-refractivity contribution in [3.63, 3.8) is 0 Å². The van der Waals surface area contributed by atoms with Gasteiger partial charge in [0, 0.05) is 11.1 Å². The molecule has 3 rings (SSSR count). The van der Waals surface area contributed by atoms with Crippen LogP contribution in [0.2, 0.25) is 10.0 Å². The lowest BCUT2D eigenvalue weighted by Gasteiger charge is -2.10. The van der Waals surface area contributed by atoms with Gasteiger partial charge in [-0.05, 0) is 36.8 Å². The minimum absolute atomic E-state index is 0.506. The summed E-state index contributed by atoms with van der Waals surface area (Å²) in [6.45, 7) is 2.03. The molecule has 5 heteroatoms. The molecule has 1 heterocycles. The highest BCUT2D eigenvalue weighted by Crippen LogP contribution is 2.29. The molecular formula is C15H11Cl2N3. The van der Waals surface area contributed by atoms with Crippen molar-refractivity contribution < 1.29 is 0 Å². The van der Waals surface area contributed by atoms with Crippen LogP contribution in [0.4, 0.5) is 11.5 Å². The van der Waals surface area contributed by atoms with E-state index in [2.05, 4.69) is 15.3 Å². The first kappa shape index (κ1) is 13.2. The van der Waals surface area contributed by atoms with Gasteiger partial charge < -0.3 is 5.32 Å². The average Bonchev–Trinajstić information content (AvgIpc) is 2.44. The summed E-state index contributed by atoms with van der Waals surface area (Å²) in [5.74, 6) is 0.747.